The maximum atomic E-state index is 12.8. The maximum Gasteiger partial charge on any atom is 0.232 e. The Kier molecular flexibility index (Phi) is 5.48. The average Bonchev–Trinajstić information content (AvgIpc) is 3.19. The molecule has 0 amide bonds. The molecule has 0 fully saturated rings. The second kappa shape index (κ2) is 8.05. The van der Waals surface area contributed by atoms with Crippen LogP contribution < -0.4 is 9.47 Å². The van der Waals surface area contributed by atoms with Gasteiger partial charge in [-0.15, -0.1) is 0 Å². The van der Waals surface area contributed by atoms with Crippen LogP contribution in [0.4, 0.5) is 0 Å². The molecule has 29 heavy (non-hydrogen) atoms. The van der Waals surface area contributed by atoms with E-state index in [1.807, 2.05) is 30.3 Å². The monoisotopic (exact) mass is 454 g/mol. The molecule has 4 rings (SSSR count). The van der Waals surface area contributed by atoms with Gasteiger partial charge < -0.3 is 18.9 Å². The Balaban J connectivity index is 1.73. The molecule has 1 aliphatic heterocycles. The SMILES string of the molecule is COc1ccc2c(c1)c(C=C1Oc3ccc(Br)cc3C1=O)cn2CCCN(C)C. The number of carbonyl (C=O) groups is 1. The Labute approximate surface area is 178 Å². The third-order valence-electron chi connectivity index (χ3n) is 5.04. The summed E-state index contributed by atoms with van der Waals surface area (Å²) >= 11 is 3.42. The summed E-state index contributed by atoms with van der Waals surface area (Å²) in [6.07, 6.45) is 4.95. The first-order chi connectivity index (χ1) is 14.0. The number of rotatable bonds is 6. The van der Waals surface area contributed by atoms with E-state index in [0.29, 0.717) is 17.1 Å². The number of halogens is 1. The summed E-state index contributed by atoms with van der Waals surface area (Å²) in [7, 11) is 5.81. The van der Waals surface area contributed by atoms with Gasteiger partial charge in [-0.05, 0) is 69.5 Å². The van der Waals surface area contributed by atoms with Crippen molar-refractivity contribution >= 4 is 38.7 Å². The zero-order valence-corrected chi connectivity index (χ0v) is 18.3. The Morgan fingerprint density at radius 2 is 2.03 bits per heavy atom. The number of allylic oxidation sites excluding steroid dienone is 1. The molecular formula is C23H23BrN2O3. The summed E-state index contributed by atoms with van der Waals surface area (Å²) in [4.78, 5) is 15.0. The second-order valence-electron chi connectivity index (χ2n) is 7.40. The van der Waals surface area contributed by atoms with Crippen molar-refractivity contribution < 1.29 is 14.3 Å². The topological polar surface area (TPSA) is 43.7 Å². The summed E-state index contributed by atoms with van der Waals surface area (Å²) in [6.45, 7) is 1.91. The summed E-state index contributed by atoms with van der Waals surface area (Å²) < 4.78 is 14.4. The van der Waals surface area contributed by atoms with Gasteiger partial charge in [0.05, 0.1) is 12.7 Å². The fourth-order valence-electron chi connectivity index (χ4n) is 3.59. The van der Waals surface area contributed by atoms with Crippen LogP contribution >= 0.6 is 15.9 Å². The molecule has 0 aliphatic carbocycles. The number of fused-ring (bicyclic) bond motifs is 2. The molecule has 2 aromatic carbocycles. The van der Waals surface area contributed by atoms with Gasteiger partial charge in [0.15, 0.2) is 5.76 Å². The summed E-state index contributed by atoms with van der Waals surface area (Å²) in [5, 5.41) is 1.04. The Morgan fingerprint density at radius 1 is 1.21 bits per heavy atom. The molecule has 0 N–H and O–H groups in total. The summed E-state index contributed by atoms with van der Waals surface area (Å²) in [5.41, 5.74) is 2.64. The molecule has 6 heteroatoms. The van der Waals surface area contributed by atoms with Crippen molar-refractivity contribution in [2.45, 2.75) is 13.0 Å². The van der Waals surface area contributed by atoms with Crippen LogP contribution in [0.2, 0.25) is 0 Å². The Hall–Kier alpha value is -2.57. The minimum atomic E-state index is -0.0993. The highest BCUT2D eigenvalue weighted by Crippen LogP contribution is 2.35. The van der Waals surface area contributed by atoms with Crippen LogP contribution in [-0.4, -0.2) is 43.0 Å². The van der Waals surface area contributed by atoms with Gasteiger partial charge in [0, 0.05) is 33.7 Å². The molecule has 0 radical (unpaired) electrons. The van der Waals surface area contributed by atoms with E-state index in [2.05, 4.69) is 51.8 Å². The van der Waals surface area contributed by atoms with Crippen LogP contribution in [0.1, 0.15) is 22.3 Å². The van der Waals surface area contributed by atoms with Gasteiger partial charge in [0.1, 0.15) is 11.5 Å². The third-order valence-corrected chi connectivity index (χ3v) is 5.53. The smallest absolute Gasteiger partial charge is 0.232 e. The van der Waals surface area contributed by atoms with Gasteiger partial charge >= 0.3 is 0 Å². The average molecular weight is 455 g/mol. The van der Waals surface area contributed by atoms with Crippen LogP contribution in [0.15, 0.2) is 52.8 Å². The molecule has 0 bridgehead atoms. The van der Waals surface area contributed by atoms with Crippen molar-refractivity contribution in [3.63, 3.8) is 0 Å². The highest BCUT2D eigenvalue weighted by Gasteiger charge is 2.27. The maximum absolute atomic E-state index is 12.8. The van der Waals surface area contributed by atoms with Crippen LogP contribution in [0, 0.1) is 0 Å². The first-order valence-corrected chi connectivity index (χ1v) is 10.3. The molecule has 0 atom stereocenters. The Morgan fingerprint density at radius 3 is 2.79 bits per heavy atom. The van der Waals surface area contributed by atoms with Gasteiger partial charge in [-0.3, -0.25) is 4.79 Å². The van der Waals surface area contributed by atoms with Crippen molar-refractivity contribution in [2.75, 3.05) is 27.7 Å². The van der Waals surface area contributed by atoms with Gasteiger partial charge in [0.25, 0.3) is 0 Å². The molecule has 0 spiro atoms. The molecule has 0 saturated heterocycles. The van der Waals surface area contributed by atoms with Crippen molar-refractivity contribution in [2.24, 2.45) is 0 Å². The standard InChI is InChI=1S/C23H23BrN2O3/c1-25(2)9-4-10-26-14-15(18-13-17(28-3)6-7-20(18)26)11-22-23(27)19-12-16(24)5-8-21(19)29-22/h5-8,11-14H,4,9-10H2,1-3H3. The molecule has 5 nitrogen and oxygen atoms in total. The molecule has 2 heterocycles. The van der Waals surface area contributed by atoms with E-state index in [-0.39, 0.29) is 5.78 Å². The zero-order valence-electron chi connectivity index (χ0n) is 16.7. The quantitative estimate of drug-likeness (QED) is 0.492. The van der Waals surface area contributed by atoms with E-state index in [1.54, 1.807) is 13.2 Å². The fourth-order valence-corrected chi connectivity index (χ4v) is 3.95. The molecule has 1 aliphatic rings. The molecule has 1 aromatic heterocycles. The zero-order chi connectivity index (χ0) is 20.5. The number of aromatic nitrogens is 1. The van der Waals surface area contributed by atoms with Crippen LogP contribution in [0.25, 0.3) is 17.0 Å². The van der Waals surface area contributed by atoms with Crippen molar-refractivity contribution in [1.82, 2.24) is 9.47 Å². The normalized spacial score (nSPS) is 14.7. The number of hydrogen-bond acceptors (Lipinski definition) is 4. The molecule has 0 unspecified atom stereocenters. The number of Topliss-reactive ketones (excluding diaryl/α,β-unsaturated/α-hetero) is 1. The number of ketones is 1. The lowest BCUT2D eigenvalue weighted by molar-refractivity contribution is 0.101. The second-order valence-corrected chi connectivity index (χ2v) is 8.31. The van der Waals surface area contributed by atoms with Crippen LogP contribution in [0.5, 0.6) is 11.5 Å². The third kappa shape index (κ3) is 3.95. The molecule has 0 saturated carbocycles. The van der Waals surface area contributed by atoms with Gasteiger partial charge in [-0.1, -0.05) is 15.9 Å². The lowest BCUT2D eigenvalue weighted by atomic mass is 10.1. The summed E-state index contributed by atoms with van der Waals surface area (Å²) in [6, 6.07) is 11.5. The fraction of sp³-hybridized carbons (Fsp3) is 0.261. The van der Waals surface area contributed by atoms with Gasteiger partial charge in [-0.2, -0.15) is 0 Å². The predicted molar refractivity (Wildman–Crippen MR) is 119 cm³/mol. The number of aryl methyl sites for hydroxylation is 1. The van der Waals surface area contributed by atoms with Crippen molar-refractivity contribution in [1.29, 1.82) is 0 Å². The van der Waals surface area contributed by atoms with E-state index in [1.165, 1.54) is 0 Å². The minimum Gasteiger partial charge on any atom is -0.497 e. The number of benzene rings is 2. The van der Waals surface area contributed by atoms with Crippen LogP contribution in [0.3, 0.4) is 0 Å². The Bertz CT molecular complexity index is 1110. The van der Waals surface area contributed by atoms with E-state index in [9.17, 15) is 4.79 Å². The lowest BCUT2D eigenvalue weighted by Crippen LogP contribution is -2.14. The number of hydrogen-bond donors (Lipinski definition) is 0. The summed E-state index contributed by atoms with van der Waals surface area (Å²) in [5.74, 6) is 1.62. The van der Waals surface area contributed by atoms with Gasteiger partial charge in [0.2, 0.25) is 5.78 Å². The minimum absolute atomic E-state index is 0.0993. The molecule has 150 valence electrons. The number of ether oxygens (including phenoxy) is 2. The largest absolute Gasteiger partial charge is 0.497 e. The molecule has 3 aromatic rings. The highest BCUT2D eigenvalue weighted by atomic mass is 79.9. The first-order valence-electron chi connectivity index (χ1n) is 9.51. The molecular weight excluding hydrogens is 432 g/mol. The van der Waals surface area contributed by atoms with Gasteiger partial charge in [-0.25, -0.2) is 0 Å². The van der Waals surface area contributed by atoms with Crippen molar-refractivity contribution in [3.05, 3.63) is 64.0 Å². The number of nitrogens with zero attached hydrogens (tertiary/aromatic N) is 2. The van der Waals surface area contributed by atoms with E-state index >= 15 is 0 Å². The number of carbonyl (C=O) groups excluding carboxylic acids is 1. The van der Waals surface area contributed by atoms with E-state index in [0.717, 1.165) is 46.2 Å². The van der Waals surface area contributed by atoms with Crippen LogP contribution in [-0.2, 0) is 6.54 Å². The van der Waals surface area contributed by atoms with E-state index < -0.39 is 0 Å². The lowest BCUT2D eigenvalue weighted by Gasteiger charge is -2.10. The van der Waals surface area contributed by atoms with Crippen molar-refractivity contribution in [3.8, 4) is 11.5 Å². The first kappa shape index (κ1) is 19.7. The highest BCUT2D eigenvalue weighted by molar-refractivity contribution is 9.10. The van der Waals surface area contributed by atoms with E-state index in [4.69, 9.17) is 9.47 Å². The number of methoxy groups -OCH3 is 1. The predicted octanol–water partition coefficient (Wildman–Crippen LogP) is 4.98.